The number of nitrogens with zero attached hydrogens (tertiary/aromatic N) is 1. The molecule has 0 saturated heterocycles. The molecule has 4 aromatic rings. The van der Waals surface area contributed by atoms with Crippen LogP contribution in [0.5, 0.6) is 17.2 Å². The zero-order valence-corrected chi connectivity index (χ0v) is 16.4. The van der Waals surface area contributed by atoms with Gasteiger partial charge in [0, 0.05) is 22.5 Å². The van der Waals surface area contributed by atoms with E-state index in [1.807, 2.05) is 54.6 Å². The summed E-state index contributed by atoms with van der Waals surface area (Å²) in [6.45, 7) is 0.575. The average Bonchev–Trinajstić information content (AvgIpc) is 3.14. The Balaban J connectivity index is 1.56. The van der Waals surface area contributed by atoms with Crippen molar-refractivity contribution >= 4 is 34.3 Å². The molecule has 142 valence electrons. The van der Waals surface area contributed by atoms with Gasteiger partial charge in [-0.25, -0.2) is 4.98 Å². The molecule has 0 radical (unpaired) electrons. The maximum Gasteiger partial charge on any atom is 0.227 e. The highest BCUT2D eigenvalue weighted by Gasteiger charge is 2.10. The Morgan fingerprint density at radius 1 is 0.893 bits per heavy atom. The third-order valence-corrected chi connectivity index (χ3v) is 4.56. The van der Waals surface area contributed by atoms with E-state index < -0.39 is 0 Å². The summed E-state index contributed by atoms with van der Waals surface area (Å²) in [5.74, 6) is 3.24. The molecule has 0 fully saturated rings. The first-order valence-corrected chi connectivity index (χ1v) is 9.76. The van der Waals surface area contributed by atoms with E-state index in [0.29, 0.717) is 40.5 Å². The topological polar surface area (TPSA) is 44.5 Å². The van der Waals surface area contributed by atoms with Crippen LogP contribution in [0.4, 0.5) is 0 Å². The minimum Gasteiger partial charge on any atom is -0.494 e. The van der Waals surface area contributed by atoms with Crippen LogP contribution < -0.4 is 9.47 Å². The largest absolute Gasteiger partial charge is 0.494 e. The lowest BCUT2D eigenvalue weighted by molar-refractivity contribution is 0.318. The van der Waals surface area contributed by atoms with Crippen molar-refractivity contribution in [3.8, 4) is 28.7 Å². The van der Waals surface area contributed by atoms with Gasteiger partial charge >= 0.3 is 0 Å². The summed E-state index contributed by atoms with van der Waals surface area (Å²) in [6, 6.07) is 20.4. The van der Waals surface area contributed by atoms with Crippen LogP contribution in [-0.4, -0.2) is 17.5 Å². The summed E-state index contributed by atoms with van der Waals surface area (Å²) >= 11 is 11.6. The molecule has 28 heavy (non-hydrogen) atoms. The number of fused-ring (bicyclic) bond motifs is 1. The third-order valence-electron chi connectivity index (χ3n) is 4.04. The van der Waals surface area contributed by atoms with Crippen molar-refractivity contribution in [2.24, 2.45) is 0 Å². The fourth-order valence-electron chi connectivity index (χ4n) is 2.70. The van der Waals surface area contributed by atoms with Gasteiger partial charge in [-0.3, -0.25) is 0 Å². The zero-order chi connectivity index (χ0) is 19.3. The molecule has 0 aliphatic rings. The third kappa shape index (κ3) is 4.41. The van der Waals surface area contributed by atoms with Gasteiger partial charge in [0.05, 0.1) is 6.61 Å². The Morgan fingerprint density at radius 3 is 2.54 bits per heavy atom. The van der Waals surface area contributed by atoms with Gasteiger partial charge in [0.1, 0.15) is 22.8 Å². The second kappa shape index (κ2) is 8.55. The van der Waals surface area contributed by atoms with Gasteiger partial charge in [0.15, 0.2) is 5.58 Å². The molecule has 0 aliphatic heterocycles. The van der Waals surface area contributed by atoms with Crippen molar-refractivity contribution in [3.63, 3.8) is 0 Å². The summed E-state index contributed by atoms with van der Waals surface area (Å²) in [5, 5.41) is 0.665. The molecule has 1 heterocycles. The quantitative estimate of drug-likeness (QED) is 0.243. The second-order valence-electron chi connectivity index (χ2n) is 6.12. The van der Waals surface area contributed by atoms with E-state index in [2.05, 4.69) is 4.98 Å². The first-order chi connectivity index (χ1) is 13.7. The van der Waals surface area contributed by atoms with Gasteiger partial charge in [-0.05, 0) is 61.0 Å². The minimum absolute atomic E-state index is 0.529. The Kier molecular flexibility index (Phi) is 5.70. The second-order valence-corrected chi connectivity index (χ2v) is 6.94. The first kappa shape index (κ1) is 18.7. The molecular weight excluding hydrogens is 397 g/mol. The number of benzene rings is 3. The van der Waals surface area contributed by atoms with Gasteiger partial charge in [-0.2, -0.15) is 0 Å². The van der Waals surface area contributed by atoms with E-state index in [1.54, 1.807) is 12.1 Å². The summed E-state index contributed by atoms with van der Waals surface area (Å²) in [4.78, 5) is 4.59. The van der Waals surface area contributed by atoms with E-state index in [0.717, 1.165) is 23.3 Å². The number of alkyl halides is 1. The van der Waals surface area contributed by atoms with E-state index in [9.17, 15) is 0 Å². The van der Waals surface area contributed by atoms with Gasteiger partial charge in [0.25, 0.3) is 0 Å². The number of hydrogen-bond donors (Lipinski definition) is 0. The summed E-state index contributed by atoms with van der Waals surface area (Å²) in [7, 11) is 0. The zero-order valence-electron chi connectivity index (χ0n) is 14.9. The summed E-state index contributed by atoms with van der Waals surface area (Å²) in [5.41, 5.74) is 2.25. The van der Waals surface area contributed by atoms with Crippen molar-refractivity contribution in [1.29, 1.82) is 0 Å². The summed E-state index contributed by atoms with van der Waals surface area (Å²) < 4.78 is 17.4. The maximum absolute atomic E-state index is 5.91. The van der Waals surface area contributed by atoms with Gasteiger partial charge in [-0.1, -0.05) is 17.7 Å². The normalized spacial score (nSPS) is 10.9. The number of halogens is 2. The molecule has 0 N–H and O–H groups in total. The average molecular weight is 414 g/mol. The summed E-state index contributed by atoms with van der Waals surface area (Å²) in [6.07, 6.45) is 0.797. The number of hydrogen-bond acceptors (Lipinski definition) is 4. The van der Waals surface area contributed by atoms with E-state index in [4.69, 9.17) is 37.1 Å². The van der Waals surface area contributed by atoms with E-state index >= 15 is 0 Å². The fourth-order valence-corrected chi connectivity index (χ4v) is 2.93. The van der Waals surface area contributed by atoms with Crippen LogP contribution in [0.3, 0.4) is 0 Å². The van der Waals surface area contributed by atoms with Crippen LogP contribution in [0.2, 0.25) is 5.02 Å². The lowest BCUT2D eigenvalue weighted by Gasteiger charge is -2.05. The lowest BCUT2D eigenvalue weighted by Crippen LogP contribution is -1.97. The highest BCUT2D eigenvalue weighted by molar-refractivity contribution is 6.30. The van der Waals surface area contributed by atoms with Crippen molar-refractivity contribution in [1.82, 2.24) is 4.98 Å². The molecule has 0 aliphatic carbocycles. The van der Waals surface area contributed by atoms with Gasteiger partial charge in [-0.15, -0.1) is 11.6 Å². The first-order valence-electron chi connectivity index (χ1n) is 8.84. The van der Waals surface area contributed by atoms with E-state index in [-0.39, 0.29) is 0 Å². The van der Waals surface area contributed by atoms with Gasteiger partial charge in [0.2, 0.25) is 5.89 Å². The molecule has 0 bridgehead atoms. The van der Waals surface area contributed by atoms with Crippen molar-refractivity contribution in [2.75, 3.05) is 12.5 Å². The predicted molar refractivity (Wildman–Crippen MR) is 112 cm³/mol. The minimum atomic E-state index is 0.529. The number of oxazole rings is 1. The molecule has 0 spiro atoms. The van der Waals surface area contributed by atoms with Crippen LogP contribution >= 0.6 is 23.2 Å². The van der Waals surface area contributed by atoms with Crippen LogP contribution in [0.1, 0.15) is 6.42 Å². The van der Waals surface area contributed by atoms with Crippen LogP contribution in [0, 0.1) is 0 Å². The SMILES string of the molecule is ClCCCOc1cccc(-c2nc3cc(Oc4ccc(Cl)cc4)ccc3o2)c1. The molecule has 4 nitrogen and oxygen atoms in total. The van der Waals surface area contributed by atoms with Crippen molar-refractivity contribution in [3.05, 3.63) is 71.8 Å². The predicted octanol–water partition coefficient (Wildman–Crippen LogP) is 6.95. The lowest BCUT2D eigenvalue weighted by atomic mass is 10.2. The Labute approximate surface area is 172 Å². The van der Waals surface area contributed by atoms with Crippen LogP contribution in [-0.2, 0) is 0 Å². The molecule has 0 atom stereocenters. The fraction of sp³-hybridized carbons (Fsp3) is 0.136. The molecule has 1 aromatic heterocycles. The highest BCUT2D eigenvalue weighted by atomic mass is 35.5. The molecule has 4 rings (SSSR count). The number of rotatable bonds is 7. The molecule has 6 heteroatoms. The maximum atomic E-state index is 5.91. The van der Waals surface area contributed by atoms with Gasteiger partial charge < -0.3 is 13.9 Å². The van der Waals surface area contributed by atoms with Crippen LogP contribution in [0.15, 0.2) is 71.1 Å². The molecular formula is C22H17Cl2NO3. The molecule has 3 aromatic carbocycles. The Bertz CT molecular complexity index is 1080. The number of aromatic nitrogens is 1. The van der Waals surface area contributed by atoms with Crippen molar-refractivity contribution in [2.45, 2.75) is 6.42 Å². The van der Waals surface area contributed by atoms with Crippen molar-refractivity contribution < 1.29 is 13.9 Å². The standard InChI is InChI=1S/C22H17Cl2NO3/c23-11-2-12-26-18-4-1-3-15(13-18)22-25-20-14-19(9-10-21(20)28-22)27-17-7-5-16(24)6-8-17/h1,3-10,13-14H,2,11-12H2. The van der Waals surface area contributed by atoms with E-state index in [1.165, 1.54) is 0 Å². The Morgan fingerprint density at radius 2 is 1.71 bits per heavy atom. The molecule has 0 saturated carbocycles. The molecule has 0 unspecified atom stereocenters. The highest BCUT2D eigenvalue weighted by Crippen LogP contribution is 2.30. The molecule has 0 amide bonds. The number of ether oxygens (including phenoxy) is 2. The monoisotopic (exact) mass is 413 g/mol. The smallest absolute Gasteiger partial charge is 0.227 e. The Hall–Kier alpha value is -2.69. The van der Waals surface area contributed by atoms with Crippen LogP contribution in [0.25, 0.3) is 22.6 Å².